The summed E-state index contributed by atoms with van der Waals surface area (Å²) < 4.78 is 0. The molecular weight excluding hydrogens is 290 g/mol. The van der Waals surface area contributed by atoms with E-state index < -0.39 is 5.97 Å². The molecule has 2 N–H and O–H groups in total. The summed E-state index contributed by atoms with van der Waals surface area (Å²) in [5, 5.41) is 17.7. The molecule has 2 rings (SSSR count). The van der Waals surface area contributed by atoms with Crippen LogP contribution in [0.3, 0.4) is 0 Å². The second-order valence-corrected chi connectivity index (χ2v) is 5.68. The van der Waals surface area contributed by atoms with Crippen molar-refractivity contribution in [3.8, 4) is 10.6 Å². The molecule has 1 unspecified atom stereocenters. The Morgan fingerprint density at radius 2 is 2.29 bits per heavy atom. The Bertz CT molecular complexity index is 621. The zero-order valence-electron chi connectivity index (χ0n) is 11.9. The summed E-state index contributed by atoms with van der Waals surface area (Å²) in [6.45, 7) is 3.41. The Morgan fingerprint density at radius 1 is 1.52 bits per heavy atom. The quantitative estimate of drug-likeness (QED) is 0.858. The van der Waals surface area contributed by atoms with E-state index in [9.17, 15) is 9.59 Å². The highest BCUT2D eigenvalue weighted by molar-refractivity contribution is 7.13. The van der Waals surface area contributed by atoms with Crippen molar-refractivity contribution in [2.75, 3.05) is 6.54 Å². The number of hydrogen-bond donors (Lipinski definition) is 2. The molecule has 21 heavy (non-hydrogen) atoms. The fourth-order valence-electron chi connectivity index (χ4n) is 1.93. The second kappa shape index (κ2) is 6.53. The van der Waals surface area contributed by atoms with Crippen molar-refractivity contribution in [2.45, 2.75) is 26.3 Å². The van der Waals surface area contributed by atoms with Crippen molar-refractivity contribution in [3.05, 3.63) is 29.3 Å². The third-order valence-corrected chi connectivity index (χ3v) is 4.18. The third kappa shape index (κ3) is 3.49. The first-order valence-corrected chi connectivity index (χ1v) is 7.53. The number of aromatic nitrogens is 2. The van der Waals surface area contributed by atoms with Crippen LogP contribution in [0.1, 0.15) is 30.8 Å². The fraction of sp³-hybridized carbons (Fsp3) is 0.357. The first-order chi connectivity index (χ1) is 10.0. The Kier molecular flexibility index (Phi) is 4.74. The highest BCUT2D eigenvalue weighted by atomic mass is 32.1. The number of thiophene rings is 1. The predicted octanol–water partition coefficient (Wildman–Crippen LogP) is 2.46. The van der Waals surface area contributed by atoms with Gasteiger partial charge in [-0.2, -0.15) is 5.10 Å². The molecule has 0 spiro atoms. The third-order valence-electron chi connectivity index (χ3n) is 3.27. The molecule has 2 aromatic rings. The van der Waals surface area contributed by atoms with Crippen LogP contribution in [0.15, 0.2) is 23.6 Å². The molecule has 0 aliphatic rings. The first kappa shape index (κ1) is 15.2. The van der Waals surface area contributed by atoms with Crippen LogP contribution in [0.4, 0.5) is 0 Å². The minimum absolute atomic E-state index is 0.157. The number of rotatable bonds is 6. The molecule has 0 radical (unpaired) electrons. The van der Waals surface area contributed by atoms with E-state index in [0.717, 1.165) is 10.6 Å². The van der Waals surface area contributed by atoms with E-state index in [1.54, 1.807) is 17.4 Å². The van der Waals surface area contributed by atoms with Crippen LogP contribution in [0.2, 0.25) is 0 Å². The topological polar surface area (TPSA) is 86.3 Å². The van der Waals surface area contributed by atoms with Gasteiger partial charge in [0.1, 0.15) is 6.54 Å². The smallest absolute Gasteiger partial charge is 0.323 e. The van der Waals surface area contributed by atoms with E-state index in [-0.39, 0.29) is 24.2 Å². The molecule has 0 saturated heterocycles. The lowest BCUT2D eigenvalue weighted by Crippen LogP contribution is -2.42. The summed E-state index contributed by atoms with van der Waals surface area (Å²) in [7, 11) is 0. The van der Waals surface area contributed by atoms with E-state index in [1.807, 2.05) is 31.4 Å². The summed E-state index contributed by atoms with van der Waals surface area (Å²) >= 11 is 1.54. The van der Waals surface area contributed by atoms with Gasteiger partial charge >= 0.3 is 5.97 Å². The summed E-state index contributed by atoms with van der Waals surface area (Å²) in [5.41, 5.74) is 0.993. The van der Waals surface area contributed by atoms with E-state index in [0.29, 0.717) is 6.42 Å². The first-order valence-electron chi connectivity index (χ1n) is 6.65. The van der Waals surface area contributed by atoms with Crippen LogP contribution in [0.25, 0.3) is 10.6 Å². The molecule has 1 atom stereocenters. The summed E-state index contributed by atoms with van der Waals surface area (Å²) in [6.07, 6.45) is 0.682. The van der Waals surface area contributed by atoms with Crippen molar-refractivity contribution >= 4 is 23.2 Å². The lowest BCUT2D eigenvalue weighted by molar-refractivity contribution is -0.138. The van der Waals surface area contributed by atoms with Gasteiger partial charge in [0.2, 0.25) is 0 Å². The van der Waals surface area contributed by atoms with Crippen molar-refractivity contribution in [1.82, 2.24) is 15.1 Å². The van der Waals surface area contributed by atoms with Crippen LogP contribution in [-0.4, -0.2) is 44.7 Å². The zero-order valence-corrected chi connectivity index (χ0v) is 12.7. The van der Waals surface area contributed by atoms with Gasteiger partial charge in [0.25, 0.3) is 5.91 Å². The van der Waals surface area contributed by atoms with Crippen molar-refractivity contribution in [1.29, 1.82) is 0 Å². The standard InChI is InChI=1S/C14H17N3O3S/c1-3-9(2)17(8-13(18)19)14(20)11-7-10(15-16-11)12-5-4-6-21-12/h4-7,9H,3,8H2,1-2H3,(H,15,16)(H,18,19). The monoisotopic (exact) mass is 307 g/mol. The van der Waals surface area contributed by atoms with Gasteiger partial charge < -0.3 is 10.0 Å². The lowest BCUT2D eigenvalue weighted by atomic mass is 10.2. The van der Waals surface area contributed by atoms with Gasteiger partial charge in [-0.3, -0.25) is 14.7 Å². The number of amides is 1. The molecule has 112 valence electrons. The van der Waals surface area contributed by atoms with Gasteiger partial charge in [0.05, 0.1) is 10.6 Å². The van der Waals surface area contributed by atoms with Crippen molar-refractivity contribution in [3.63, 3.8) is 0 Å². The average molecular weight is 307 g/mol. The minimum atomic E-state index is -1.03. The normalized spacial score (nSPS) is 12.1. The fourth-order valence-corrected chi connectivity index (χ4v) is 2.62. The van der Waals surface area contributed by atoms with Crippen LogP contribution < -0.4 is 0 Å². The van der Waals surface area contributed by atoms with Crippen LogP contribution in [0, 0.1) is 0 Å². The molecule has 1 amide bonds. The number of aromatic amines is 1. The Balaban J connectivity index is 2.22. The Labute approximate surface area is 126 Å². The van der Waals surface area contributed by atoms with Gasteiger partial charge in [-0.15, -0.1) is 11.3 Å². The summed E-state index contributed by atoms with van der Waals surface area (Å²) in [5.74, 6) is -1.40. The molecule has 0 aromatic carbocycles. The van der Waals surface area contributed by atoms with E-state index in [1.165, 1.54) is 4.90 Å². The van der Waals surface area contributed by atoms with Crippen LogP contribution in [0.5, 0.6) is 0 Å². The van der Waals surface area contributed by atoms with Gasteiger partial charge in [0, 0.05) is 6.04 Å². The lowest BCUT2D eigenvalue weighted by Gasteiger charge is -2.25. The molecule has 0 saturated carbocycles. The predicted molar refractivity (Wildman–Crippen MR) is 80.3 cm³/mol. The molecular formula is C14H17N3O3S. The molecule has 0 aliphatic heterocycles. The summed E-state index contributed by atoms with van der Waals surface area (Å²) in [6, 6.07) is 5.34. The van der Waals surface area contributed by atoms with Crippen molar-refractivity contribution < 1.29 is 14.7 Å². The van der Waals surface area contributed by atoms with Crippen LogP contribution >= 0.6 is 11.3 Å². The van der Waals surface area contributed by atoms with Gasteiger partial charge in [0.15, 0.2) is 5.69 Å². The molecule has 7 heteroatoms. The highest BCUT2D eigenvalue weighted by Crippen LogP contribution is 2.23. The largest absolute Gasteiger partial charge is 0.480 e. The number of nitrogens with one attached hydrogen (secondary N) is 1. The zero-order chi connectivity index (χ0) is 15.4. The Hall–Kier alpha value is -2.15. The maximum atomic E-state index is 12.4. The molecule has 0 fully saturated rings. The molecule has 2 heterocycles. The molecule has 2 aromatic heterocycles. The number of carboxylic acid groups (broad SMARTS) is 1. The summed E-state index contributed by atoms with van der Waals surface area (Å²) in [4.78, 5) is 25.7. The van der Waals surface area contributed by atoms with Gasteiger partial charge in [-0.1, -0.05) is 13.0 Å². The molecule has 6 nitrogen and oxygen atoms in total. The molecule has 0 bridgehead atoms. The van der Waals surface area contributed by atoms with Gasteiger partial charge in [-0.25, -0.2) is 0 Å². The average Bonchev–Trinajstić information content (AvgIpc) is 3.12. The number of carboxylic acids is 1. The van der Waals surface area contributed by atoms with E-state index in [2.05, 4.69) is 10.2 Å². The number of nitrogens with zero attached hydrogens (tertiary/aromatic N) is 2. The maximum absolute atomic E-state index is 12.4. The van der Waals surface area contributed by atoms with Crippen LogP contribution in [-0.2, 0) is 4.79 Å². The maximum Gasteiger partial charge on any atom is 0.323 e. The Morgan fingerprint density at radius 3 is 2.86 bits per heavy atom. The van der Waals surface area contributed by atoms with Crippen molar-refractivity contribution in [2.24, 2.45) is 0 Å². The number of aliphatic carboxylic acids is 1. The SMILES string of the molecule is CCC(C)N(CC(=O)O)C(=O)c1cc(-c2cccs2)[nH]n1. The number of hydrogen-bond acceptors (Lipinski definition) is 4. The van der Waals surface area contributed by atoms with E-state index >= 15 is 0 Å². The number of H-pyrrole nitrogens is 1. The number of carbonyl (C=O) groups excluding carboxylic acids is 1. The molecule has 0 aliphatic carbocycles. The minimum Gasteiger partial charge on any atom is -0.480 e. The van der Waals surface area contributed by atoms with Gasteiger partial charge in [-0.05, 0) is 30.9 Å². The highest BCUT2D eigenvalue weighted by Gasteiger charge is 2.25. The van der Waals surface area contributed by atoms with E-state index in [4.69, 9.17) is 5.11 Å². The second-order valence-electron chi connectivity index (χ2n) is 4.73. The number of carbonyl (C=O) groups is 2.